The topological polar surface area (TPSA) is 152 Å². The van der Waals surface area contributed by atoms with E-state index in [1.165, 1.54) is 12.0 Å². The van der Waals surface area contributed by atoms with Crippen LogP contribution in [0.5, 0.6) is 5.75 Å². The Balaban J connectivity index is 0.696. The molecule has 67 heavy (non-hydrogen) atoms. The average molecular weight is 945 g/mol. The molecule has 3 amide bonds. The normalized spacial score (nSPS) is 18.5. The summed E-state index contributed by atoms with van der Waals surface area (Å²) in [4.78, 5) is 55.6. The first-order chi connectivity index (χ1) is 32.4. The maximum Gasteiger partial charge on any atom is 0.255 e. The predicted molar refractivity (Wildman–Crippen MR) is 266 cm³/mol. The number of methoxy groups -OCH3 is 1. The molecule has 0 saturated carbocycles. The van der Waals surface area contributed by atoms with E-state index in [1.807, 2.05) is 42.5 Å². The molecule has 3 fully saturated rings. The van der Waals surface area contributed by atoms with Crippen LogP contribution in [0.2, 0.25) is 5.02 Å². The van der Waals surface area contributed by atoms with E-state index < -0.39 is 13.2 Å². The third-order valence-corrected chi connectivity index (χ3v) is 15.5. The van der Waals surface area contributed by atoms with Crippen LogP contribution in [0.15, 0.2) is 91.1 Å². The first-order valence-corrected chi connectivity index (χ1v) is 26.4. The van der Waals surface area contributed by atoms with Gasteiger partial charge in [0, 0.05) is 80.9 Å². The van der Waals surface area contributed by atoms with Gasteiger partial charge in [0.15, 0.2) is 5.82 Å². The molecule has 350 valence electrons. The van der Waals surface area contributed by atoms with Crippen molar-refractivity contribution in [3.8, 4) is 16.9 Å². The molecule has 5 aromatic rings. The van der Waals surface area contributed by atoms with Crippen molar-refractivity contribution in [2.24, 2.45) is 0 Å². The fraction of sp³-hybridized carbons (Fsp3) is 0.392. The summed E-state index contributed by atoms with van der Waals surface area (Å²) in [6.45, 7) is 11.4. The molecule has 3 saturated heterocycles. The first kappa shape index (κ1) is 46.3. The van der Waals surface area contributed by atoms with E-state index in [2.05, 4.69) is 83.1 Å². The van der Waals surface area contributed by atoms with Gasteiger partial charge in [-0.25, -0.2) is 4.98 Å². The summed E-state index contributed by atoms with van der Waals surface area (Å²) in [5.41, 5.74) is 7.59. The number of imide groups is 1. The second-order valence-corrected chi connectivity index (χ2v) is 22.0. The summed E-state index contributed by atoms with van der Waals surface area (Å²) in [6.07, 6.45) is 7.76. The van der Waals surface area contributed by atoms with Gasteiger partial charge in [0.05, 0.1) is 24.7 Å². The molecule has 0 aliphatic carbocycles. The molecule has 0 bridgehead atoms. The summed E-state index contributed by atoms with van der Waals surface area (Å²) in [5, 5.41) is 10.0. The quantitative estimate of drug-likeness (QED) is 0.0532. The van der Waals surface area contributed by atoms with Crippen molar-refractivity contribution < 1.29 is 23.7 Å². The Kier molecular flexibility index (Phi) is 14.0. The molecule has 16 heteroatoms. The number of nitrogens with zero attached hydrogens (tertiary/aromatic N) is 6. The molecule has 4 aliphatic heterocycles. The smallest absolute Gasteiger partial charge is 0.255 e. The van der Waals surface area contributed by atoms with Gasteiger partial charge in [0.1, 0.15) is 24.0 Å². The Morgan fingerprint density at radius 2 is 1.60 bits per heavy atom. The summed E-state index contributed by atoms with van der Waals surface area (Å²) >= 11 is 6.50. The number of hydrogen-bond acceptors (Lipinski definition) is 12. The number of carbonyl (C=O) groups is 3. The molecule has 3 N–H and O–H groups in total. The number of aryl methyl sites for hydroxylation is 1. The van der Waals surface area contributed by atoms with E-state index in [1.54, 1.807) is 31.5 Å². The number of halogens is 1. The van der Waals surface area contributed by atoms with Crippen LogP contribution in [0, 0.1) is 0 Å². The fourth-order valence-corrected chi connectivity index (χ4v) is 11.2. The maximum absolute atomic E-state index is 13.1. The minimum absolute atomic E-state index is 0.148. The number of anilines is 5. The molecular weight excluding hydrogens is 885 g/mol. The number of unbranched alkanes of at least 4 members (excludes halogenated alkanes) is 1. The van der Waals surface area contributed by atoms with Crippen LogP contribution in [-0.4, -0.2) is 121 Å². The van der Waals surface area contributed by atoms with Crippen molar-refractivity contribution in [3.63, 3.8) is 0 Å². The van der Waals surface area contributed by atoms with Crippen molar-refractivity contribution >= 4 is 70.6 Å². The Labute approximate surface area is 397 Å². The van der Waals surface area contributed by atoms with Crippen LogP contribution in [0.4, 0.5) is 28.8 Å². The number of piperidine rings is 2. The van der Waals surface area contributed by atoms with Gasteiger partial charge < -0.3 is 34.6 Å². The molecule has 14 nitrogen and oxygen atoms in total. The van der Waals surface area contributed by atoms with Gasteiger partial charge >= 0.3 is 0 Å². The Morgan fingerprint density at radius 3 is 2.34 bits per heavy atom. The van der Waals surface area contributed by atoms with Crippen molar-refractivity contribution in [3.05, 3.63) is 113 Å². The third-order valence-electron chi connectivity index (χ3n) is 13.7. The lowest BCUT2D eigenvalue weighted by Crippen LogP contribution is -2.53. The average Bonchev–Trinajstić information content (AvgIpc) is 3.66. The number of aromatic nitrogens is 2. The zero-order valence-corrected chi connectivity index (χ0v) is 40.1. The number of amides is 3. The molecule has 5 heterocycles. The zero-order valence-electron chi connectivity index (χ0n) is 38.5. The summed E-state index contributed by atoms with van der Waals surface area (Å²) < 4.78 is 18.8. The molecule has 1 atom stereocenters. The second kappa shape index (κ2) is 20.2. The fourth-order valence-electron chi connectivity index (χ4n) is 9.92. The van der Waals surface area contributed by atoms with Gasteiger partial charge in [0.25, 0.3) is 5.91 Å². The summed E-state index contributed by atoms with van der Waals surface area (Å²) in [6, 6.07) is 28.3. The number of ether oxygens (including phenoxy) is 1. The molecule has 1 unspecified atom stereocenters. The van der Waals surface area contributed by atoms with E-state index in [4.69, 9.17) is 16.3 Å². The Bertz CT molecular complexity index is 2680. The monoisotopic (exact) mass is 943 g/mol. The van der Waals surface area contributed by atoms with E-state index in [0.29, 0.717) is 52.8 Å². The SMILES string of the molecule is COc1cc(N2CCC(N3CCN(CCCCc4ccc(-c5ccc6c(c5)CN(C5CCC(=O)NC5=O)C6=O)cc4)CC3)CC2)ccc1Nc1ncc(Cl)c(Nc2ccccc2P(C)(C)=O)n1. The number of fused-ring (bicyclic) bond motifs is 1. The number of piperazine rings is 1. The van der Waals surface area contributed by atoms with E-state index in [9.17, 15) is 18.9 Å². The molecule has 1 aromatic heterocycles. The Morgan fingerprint density at radius 1 is 0.836 bits per heavy atom. The van der Waals surface area contributed by atoms with Crippen molar-refractivity contribution in [1.82, 2.24) is 30.0 Å². The van der Waals surface area contributed by atoms with Gasteiger partial charge in [-0.3, -0.25) is 24.6 Å². The number of para-hydroxylation sites is 1. The first-order valence-electron chi connectivity index (χ1n) is 23.4. The standard InChI is InChI=1S/C51H59ClN9O5P/c1-66-45-31-39(16-18-42(45)55-51-53-32-41(52)48(57-51)54-43-9-4-5-10-46(43)67(2,3)65)59-24-21-38(22-25-59)60-28-26-58(27-29-60)23-7-6-8-34-11-13-35(14-12-34)36-15-17-40-37(30-36)33-61(50(40)64)44-19-20-47(62)56-49(44)63/h4-5,9-18,30-32,38,44H,6-8,19-29,33H2,1-3H3,(H,56,62,63)(H2,53,54,55,57). The van der Waals surface area contributed by atoms with Crippen LogP contribution < -0.4 is 30.9 Å². The van der Waals surface area contributed by atoms with Crippen LogP contribution in [0.25, 0.3) is 11.1 Å². The zero-order chi connectivity index (χ0) is 46.7. The summed E-state index contributed by atoms with van der Waals surface area (Å²) in [5.74, 6) is 0.646. The minimum Gasteiger partial charge on any atom is -0.494 e. The molecule has 4 aliphatic rings. The van der Waals surface area contributed by atoms with Gasteiger partial charge in [0.2, 0.25) is 17.8 Å². The van der Waals surface area contributed by atoms with Gasteiger partial charge in [-0.1, -0.05) is 54.1 Å². The predicted octanol–water partition coefficient (Wildman–Crippen LogP) is 7.91. The lowest BCUT2D eigenvalue weighted by atomic mass is 9.98. The number of hydrogen-bond donors (Lipinski definition) is 3. The lowest BCUT2D eigenvalue weighted by Gasteiger charge is -2.43. The van der Waals surface area contributed by atoms with Crippen LogP contribution in [-0.2, 0) is 27.1 Å². The van der Waals surface area contributed by atoms with E-state index in [0.717, 1.165) is 105 Å². The number of rotatable bonds is 15. The Hall–Kier alpha value is -5.79. The highest BCUT2D eigenvalue weighted by atomic mass is 35.5. The van der Waals surface area contributed by atoms with E-state index >= 15 is 0 Å². The maximum atomic E-state index is 13.1. The highest BCUT2D eigenvalue weighted by Crippen LogP contribution is 2.39. The highest BCUT2D eigenvalue weighted by molar-refractivity contribution is 7.70. The molecule has 9 rings (SSSR count). The number of benzene rings is 4. The number of carbonyl (C=O) groups excluding carboxylic acids is 3. The largest absolute Gasteiger partial charge is 0.494 e. The molecule has 0 spiro atoms. The highest BCUT2D eigenvalue weighted by Gasteiger charge is 2.39. The minimum atomic E-state index is -2.54. The summed E-state index contributed by atoms with van der Waals surface area (Å²) in [7, 11) is -0.876. The van der Waals surface area contributed by atoms with Crippen molar-refractivity contribution in [2.45, 2.75) is 63.6 Å². The van der Waals surface area contributed by atoms with Crippen molar-refractivity contribution in [1.29, 1.82) is 0 Å². The van der Waals surface area contributed by atoms with Gasteiger partial charge in [-0.2, -0.15) is 4.98 Å². The van der Waals surface area contributed by atoms with Gasteiger partial charge in [-0.05, 0) is 117 Å². The molecule has 4 aromatic carbocycles. The third kappa shape index (κ3) is 10.7. The van der Waals surface area contributed by atoms with Crippen molar-refractivity contribution in [2.75, 3.05) is 81.8 Å². The van der Waals surface area contributed by atoms with Crippen LogP contribution in [0.1, 0.15) is 60.0 Å². The van der Waals surface area contributed by atoms with E-state index in [-0.39, 0.29) is 24.1 Å². The molecule has 0 radical (unpaired) electrons. The van der Waals surface area contributed by atoms with Crippen LogP contribution in [0.3, 0.4) is 0 Å². The lowest BCUT2D eigenvalue weighted by molar-refractivity contribution is -0.136. The molecular formula is C51H59ClN9O5P. The second-order valence-electron chi connectivity index (χ2n) is 18.4. The van der Waals surface area contributed by atoms with Crippen LogP contribution >= 0.6 is 18.7 Å². The number of nitrogens with one attached hydrogen (secondary N) is 3. The van der Waals surface area contributed by atoms with Gasteiger partial charge in [-0.15, -0.1) is 0 Å².